The minimum absolute atomic E-state index is 0.0597. The molecule has 1 aliphatic rings. The molecule has 0 N–H and O–H groups in total. The van der Waals surface area contributed by atoms with Gasteiger partial charge >= 0.3 is 0 Å². The molecule has 5 nitrogen and oxygen atoms in total. The van der Waals surface area contributed by atoms with Crippen molar-refractivity contribution in [2.24, 2.45) is 12.0 Å². The summed E-state index contributed by atoms with van der Waals surface area (Å²) in [5.41, 5.74) is 2.87. The van der Waals surface area contributed by atoms with Gasteiger partial charge in [0.05, 0.1) is 16.8 Å². The highest BCUT2D eigenvalue weighted by Gasteiger charge is 2.32. The van der Waals surface area contributed by atoms with Gasteiger partial charge < -0.3 is 4.57 Å². The number of rotatable bonds is 4. The Morgan fingerprint density at radius 1 is 1.26 bits per heavy atom. The number of amidine groups is 1. The highest BCUT2D eigenvalue weighted by molar-refractivity contribution is 8.18. The van der Waals surface area contributed by atoms with Crippen molar-refractivity contribution in [3.05, 3.63) is 78.1 Å². The quantitative estimate of drug-likeness (QED) is 0.503. The van der Waals surface area contributed by atoms with Gasteiger partial charge in [-0.05, 0) is 36.0 Å². The van der Waals surface area contributed by atoms with Crippen LogP contribution in [0.4, 0.5) is 5.69 Å². The molecule has 1 aliphatic heterocycles. The minimum Gasteiger partial charge on any atom is -0.350 e. The average molecular weight is 374 g/mol. The number of carbonyl (C=O) groups is 1. The summed E-state index contributed by atoms with van der Waals surface area (Å²) in [6.45, 7) is 4.17. The Labute approximate surface area is 161 Å². The second kappa shape index (κ2) is 7.25. The van der Waals surface area contributed by atoms with Gasteiger partial charge in [0.1, 0.15) is 0 Å². The Hall–Kier alpha value is -3.12. The fourth-order valence-corrected chi connectivity index (χ4v) is 4.04. The van der Waals surface area contributed by atoms with Gasteiger partial charge in [-0.15, -0.1) is 6.58 Å². The number of aryl methyl sites for hydroxylation is 1. The van der Waals surface area contributed by atoms with Crippen LogP contribution in [-0.2, 0) is 11.8 Å². The van der Waals surface area contributed by atoms with Gasteiger partial charge in [0, 0.05) is 42.5 Å². The average Bonchev–Trinajstić information content (AvgIpc) is 3.15. The molecule has 1 fully saturated rings. The maximum absolute atomic E-state index is 12.9. The molecule has 0 saturated carbocycles. The lowest BCUT2D eigenvalue weighted by molar-refractivity contribution is -0.121. The summed E-state index contributed by atoms with van der Waals surface area (Å²) in [6.07, 6.45) is 9.06. The fourth-order valence-electron chi connectivity index (χ4n) is 3.04. The first-order valence-electron chi connectivity index (χ1n) is 8.52. The van der Waals surface area contributed by atoms with Crippen molar-refractivity contribution >= 4 is 45.5 Å². The van der Waals surface area contributed by atoms with Gasteiger partial charge in [-0.1, -0.05) is 24.3 Å². The Balaban J connectivity index is 1.75. The van der Waals surface area contributed by atoms with E-state index >= 15 is 0 Å². The summed E-state index contributed by atoms with van der Waals surface area (Å²) >= 11 is 1.38. The van der Waals surface area contributed by atoms with Crippen LogP contribution >= 0.6 is 11.8 Å². The maximum atomic E-state index is 12.9. The van der Waals surface area contributed by atoms with Gasteiger partial charge in [0.25, 0.3) is 5.91 Å². The smallest absolute Gasteiger partial charge is 0.267 e. The molecule has 0 aliphatic carbocycles. The van der Waals surface area contributed by atoms with E-state index in [1.807, 2.05) is 43.6 Å². The van der Waals surface area contributed by atoms with Gasteiger partial charge in [0.2, 0.25) is 0 Å². The first-order chi connectivity index (χ1) is 13.2. The van der Waals surface area contributed by atoms with Crippen LogP contribution in [0.3, 0.4) is 0 Å². The molecule has 6 heteroatoms. The Morgan fingerprint density at radius 3 is 2.89 bits per heavy atom. The molecule has 0 spiro atoms. The summed E-state index contributed by atoms with van der Waals surface area (Å²) in [7, 11) is 2.01. The third-order valence-electron chi connectivity index (χ3n) is 4.28. The lowest BCUT2D eigenvalue weighted by Crippen LogP contribution is -2.29. The topological polar surface area (TPSA) is 50.5 Å². The number of nitrogens with zero attached hydrogens (tertiary/aromatic N) is 4. The van der Waals surface area contributed by atoms with E-state index in [1.54, 1.807) is 23.4 Å². The number of aromatic nitrogens is 2. The van der Waals surface area contributed by atoms with Crippen LogP contribution in [0.2, 0.25) is 0 Å². The molecule has 3 aromatic rings. The van der Waals surface area contributed by atoms with Gasteiger partial charge in [-0.25, -0.2) is 4.99 Å². The van der Waals surface area contributed by atoms with E-state index in [0.717, 1.165) is 16.5 Å². The van der Waals surface area contributed by atoms with Crippen molar-refractivity contribution in [1.29, 1.82) is 0 Å². The van der Waals surface area contributed by atoms with Crippen LogP contribution in [0.15, 0.2) is 77.5 Å². The molecule has 1 aromatic carbocycles. The molecular formula is C21H18N4OS. The van der Waals surface area contributed by atoms with Crippen LogP contribution < -0.4 is 0 Å². The predicted octanol–water partition coefficient (Wildman–Crippen LogP) is 4.36. The van der Waals surface area contributed by atoms with Crippen LogP contribution in [0, 0.1) is 0 Å². The van der Waals surface area contributed by atoms with Crippen molar-refractivity contribution in [2.75, 3.05) is 6.54 Å². The normalized spacial score (nSPS) is 17.4. The van der Waals surface area contributed by atoms with Gasteiger partial charge in [-0.2, -0.15) is 0 Å². The number of thioether (sulfide) groups is 1. The fraction of sp³-hybridized carbons (Fsp3) is 0.0952. The van der Waals surface area contributed by atoms with Gasteiger partial charge in [0.15, 0.2) is 5.17 Å². The first-order valence-corrected chi connectivity index (χ1v) is 9.34. The number of carbonyl (C=O) groups excluding carboxylic acids is 1. The van der Waals surface area contributed by atoms with E-state index in [1.165, 1.54) is 11.8 Å². The largest absolute Gasteiger partial charge is 0.350 e. The molecule has 1 saturated heterocycles. The third-order valence-corrected chi connectivity index (χ3v) is 5.29. The molecule has 2 aromatic heterocycles. The predicted molar refractivity (Wildman–Crippen MR) is 112 cm³/mol. The monoisotopic (exact) mass is 374 g/mol. The number of amides is 1. The highest BCUT2D eigenvalue weighted by Crippen LogP contribution is 2.35. The zero-order valence-corrected chi connectivity index (χ0v) is 15.7. The van der Waals surface area contributed by atoms with Crippen molar-refractivity contribution in [2.45, 2.75) is 0 Å². The van der Waals surface area contributed by atoms with Crippen molar-refractivity contribution < 1.29 is 4.79 Å². The summed E-state index contributed by atoms with van der Waals surface area (Å²) < 4.78 is 2.07. The Morgan fingerprint density at radius 2 is 2.11 bits per heavy atom. The van der Waals surface area contributed by atoms with E-state index < -0.39 is 0 Å². The summed E-state index contributed by atoms with van der Waals surface area (Å²) in [6, 6.07) is 11.8. The zero-order valence-electron chi connectivity index (χ0n) is 14.9. The summed E-state index contributed by atoms with van der Waals surface area (Å²) in [5, 5.41) is 1.76. The number of pyridine rings is 1. The zero-order chi connectivity index (χ0) is 18.8. The van der Waals surface area contributed by atoms with Crippen LogP contribution in [0.1, 0.15) is 5.56 Å². The number of hydrogen-bond donors (Lipinski definition) is 0. The molecule has 0 bridgehead atoms. The molecule has 4 rings (SSSR count). The van der Waals surface area contributed by atoms with Crippen molar-refractivity contribution in [1.82, 2.24) is 14.5 Å². The molecule has 3 heterocycles. The lowest BCUT2D eigenvalue weighted by Gasteiger charge is -2.12. The first kappa shape index (κ1) is 17.3. The summed E-state index contributed by atoms with van der Waals surface area (Å²) in [5.74, 6) is -0.0597. The Bertz CT molecular complexity index is 1080. The number of fused-ring (bicyclic) bond motifs is 1. The molecule has 1 amide bonds. The third kappa shape index (κ3) is 3.31. The standard InChI is InChI=1S/C21H18N4OS/c1-3-11-25-20(26)19(27-21(25)23-16-7-6-10-22-13-16)12-15-14-24(2)18-9-5-4-8-17(15)18/h3-10,12-14H,1,11H2,2H3/b19-12-,23-21?. The van der Waals surface area contributed by atoms with E-state index in [9.17, 15) is 4.79 Å². The van der Waals surface area contributed by atoms with Crippen LogP contribution in [-0.4, -0.2) is 32.1 Å². The van der Waals surface area contributed by atoms with E-state index in [0.29, 0.717) is 22.3 Å². The van der Waals surface area contributed by atoms with Crippen molar-refractivity contribution in [3.63, 3.8) is 0 Å². The maximum Gasteiger partial charge on any atom is 0.267 e. The van der Waals surface area contributed by atoms with Crippen LogP contribution in [0.25, 0.3) is 17.0 Å². The Kier molecular flexibility index (Phi) is 4.64. The second-order valence-corrected chi connectivity index (χ2v) is 7.14. The summed E-state index contributed by atoms with van der Waals surface area (Å²) in [4.78, 5) is 23.9. The number of para-hydroxylation sites is 1. The number of benzene rings is 1. The van der Waals surface area contributed by atoms with Crippen molar-refractivity contribution in [3.8, 4) is 0 Å². The highest BCUT2D eigenvalue weighted by atomic mass is 32.2. The van der Waals surface area contributed by atoms with Gasteiger partial charge in [-0.3, -0.25) is 14.7 Å². The molecule has 0 atom stereocenters. The van der Waals surface area contributed by atoms with Crippen LogP contribution in [0.5, 0.6) is 0 Å². The molecular weight excluding hydrogens is 356 g/mol. The minimum atomic E-state index is -0.0597. The van der Waals surface area contributed by atoms with E-state index in [2.05, 4.69) is 33.3 Å². The lowest BCUT2D eigenvalue weighted by atomic mass is 10.1. The molecule has 0 unspecified atom stereocenters. The second-order valence-electron chi connectivity index (χ2n) is 6.13. The van der Waals surface area contributed by atoms with E-state index in [-0.39, 0.29) is 5.91 Å². The SMILES string of the molecule is C=CCN1C(=O)/C(=C/c2cn(C)c3ccccc23)SC1=Nc1cccnc1. The molecule has 27 heavy (non-hydrogen) atoms. The van der Waals surface area contributed by atoms with E-state index in [4.69, 9.17) is 0 Å². The molecule has 134 valence electrons. The molecule has 0 radical (unpaired) electrons. The number of hydrogen-bond acceptors (Lipinski definition) is 4. The number of aliphatic imine (C=N–C) groups is 1.